The second kappa shape index (κ2) is 6.42. The molecule has 0 aliphatic carbocycles. The molecule has 0 radical (unpaired) electrons. The first-order valence-corrected chi connectivity index (χ1v) is 5.58. The molecule has 0 fully saturated rings. The summed E-state index contributed by atoms with van der Waals surface area (Å²) in [4.78, 5) is 0. The van der Waals surface area contributed by atoms with Crippen LogP contribution in [0.4, 0.5) is 0 Å². The monoisotopic (exact) mass is 188 g/mol. The number of rotatable bonds is 5. The number of benzene rings is 1. The van der Waals surface area contributed by atoms with Crippen LogP contribution in [0, 0.1) is 0 Å². The Kier molecular flexibility index (Phi) is 5.06. The first-order chi connectivity index (χ1) is 6.88. The molecular formula is C14H20. The van der Waals surface area contributed by atoms with Gasteiger partial charge in [0.25, 0.3) is 0 Å². The van der Waals surface area contributed by atoms with Crippen molar-refractivity contribution in [3.8, 4) is 0 Å². The lowest BCUT2D eigenvalue weighted by atomic mass is 9.93. The predicted molar refractivity (Wildman–Crippen MR) is 63.5 cm³/mol. The maximum absolute atomic E-state index is 2.31. The Labute approximate surface area is 87.7 Å². The largest absolute Gasteiger partial charge is 0.0888 e. The SMILES string of the molecule is CC/C=C/CC(CC)c1ccccc1. The molecule has 1 rings (SSSR count). The molecular weight excluding hydrogens is 168 g/mol. The van der Waals surface area contributed by atoms with Crippen LogP contribution in [0.1, 0.15) is 44.6 Å². The average molecular weight is 188 g/mol. The van der Waals surface area contributed by atoms with Crippen LogP contribution >= 0.6 is 0 Å². The van der Waals surface area contributed by atoms with Crippen molar-refractivity contribution in [2.24, 2.45) is 0 Å². The molecule has 1 aromatic carbocycles. The van der Waals surface area contributed by atoms with E-state index in [0.29, 0.717) is 5.92 Å². The third-order valence-corrected chi connectivity index (χ3v) is 2.59. The van der Waals surface area contributed by atoms with E-state index in [4.69, 9.17) is 0 Å². The zero-order valence-electron chi connectivity index (χ0n) is 9.24. The Bertz CT molecular complexity index is 259. The van der Waals surface area contributed by atoms with E-state index in [0.717, 1.165) is 6.42 Å². The summed E-state index contributed by atoms with van der Waals surface area (Å²) >= 11 is 0. The molecule has 0 nitrogen and oxygen atoms in total. The summed E-state index contributed by atoms with van der Waals surface area (Å²) in [6, 6.07) is 10.8. The fourth-order valence-corrected chi connectivity index (χ4v) is 1.69. The van der Waals surface area contributed by atoms with Gasteiger partial charge < -0.3 is 0 Å². The van der Waals surface area contributed by atoms with Gasteiger partial charge >= 0.3 is 0 Å². The molecule has 0 heteroatoms. The first-order valence-electron chi connectivity index (χ1n) is 5.58. The highest BCUT2D eigenvalue weighted by Gasteiger charge is 2.05. The Balaban J connectivity index is 2.58. The molecule has 0 saturated heterocycles. The highest BCUT2D eigenvalue weighted by molar-refractivity contribution is 5.20. The van der Waals surface area contributed by atoms with E-state index in [1.807, 2.05) is 0 Å². The minimum Gasteiger partial charge on any atom is -0.0888 e. The van der Waals surface area contributed by atoms with Crippen LogP contribution in [0.25, 0.3) is 0 Å². The summed E-state index contributed by atoms with van der Waals surface area (Å²) in [5.41, 5.74) is 1.47. The minimum absolute atomic E-state index is 0.694. The molecule has 0 amide bonds. The molecule has 0 heterocycles. The van der Waals surface area contributed by atoms with Crippen molar-refractivity contribution in [3.05, 3.63) is 48.0 Å². The van der Waals surface area contributed by atoms with Crippen LogP contribution in [0.5, 0.6) is 0 Å². The predicted octanol–water partition coefficient (Wildman–Crippen LogP) is 4.54. The fourth-order valence-electron chi connectivity index (χ4n) is 1.69. The highest BCUT2D eigenvalue weighted by atomic mass is 14.1. The van der Waals surface area contributed by atoms with Gasteiger partial charge in [0.2, 0.25) is 0 Å². The van der Waals surface area contributed by atoms with Gasteiger partial charge in [-0.2, -0.15) is 0 Å². The molecule has 0 aromatic heterocycles. The zero-order valence-corrected chi connectivity index (χ0v) is 9.24. The first kappa shape index (κ1) is 11.0. The standard InChI is InChI=1S/C14H20/c1-3-5-7-10-13(4-2)14-11-8-6-9-12-14/h5-9,11-13H,3-4,10H2,1-2H3/b7-5+. The summed E-state index contributed by atoms with van der Waals surface area (Å²) in [6.07, 6.45) is 8.10. The zero-order chi connectivity index (χ0) is 10.2. The minimum atomic E-state index is 0.694. The lowest BCUT2D eigenvalue weighted by Crippen LogP contribution is -1.94. The van der Waals surface area contributed by atoms with Gasteiger partial charge in [0, 0.05) is 0 Å². The second-order valence-corrected chi connectivity index (χ2v) is 3.63. The Morgan fingerprint density at radius 2 is 1.79 bits per heavy atom. The summed E-state index contributed by atoms with van der Waals surface area (Å²) in [7, 11) is 0. The molecule has 0 bridgehead atoms. The van der Waals surface area contributed by atoms with Gasteiger partial charge in [-0.05, 0) is 30.7 Å². The normalized spacial score (nSPS) is 13.3. The highest BCUT2D eigenvalue weighted by Crippen LogP contribution is 2.23. The van der Waals surface area contributed by atoms with Gasteiger partial charge in [-0.3, -0.25) is 0 Å². The summed E-state index contributed by atoms with van der Waals surface area (Å²) in [5.74, 6) is 0.694. The quantitative estimate of drug-likeness (QED) is 0.595. The molecule has 0 aliphatic rings. The number of allylic oxidation sites excluding steroid dienone is 2. The van der Waals surface area contributed by atoms with Crippen LogP contribution < -0.4 is 0 Å². The van der Waals surface area contributed by atoms with Crippen LogP contribution in [-0.2, 0) is 0 Å². The van der Waals surface area contributed by atoms with E-state index in [2.05, 4.69) is 56.3 Å². The van der Waals surface area contributed by atoms with E-state index < -0.39 is 0 Å². The smallest absolute Gasteiger partial charge is 0.0130 e. The Hall–Kier alpha value is -1.04. The van der Waals surface area contributed by atoms with Crippen LogP contribution in [0.15, 0.2) is 42.5 Å². The average Bonchev–Trinajstić information content (AvgIpc) is 2.26. The fraction of sp³-hybridized carbons (Fsp3) is 0.429. The van der Waals surface area contributed by atoms with Crippen LogP contribution in [0.2, 0.25) is 0 Å². The summed E-state index contributed by atoms with van der Waals surface area (Å²) in [6.45, 7) is 4.44. The van der Waals surface area contributed by atoms with Crippen molar-refractivity contribution in [1.29, 1.82) is 0 Å². The molecule has 0 saturated carbocycles. The van der Waals surface area contributed by atoms with Crippen LogP contribution in [0.3, 0.4) is 0 Å². The molecule has 0 spiro atoms. The topological polar surface area (TPSA) is 0 Å². The van der Waals surface area contributed by atoms with Gasteiger partial charge in [0.15, 0.2) is 0 Å². The lowest BCUT2D eigenvalue weighted by Gasteiger charge is -2.12. The van der Waals surface area contributed by atoms with Crippen molar-refractivity contribution >= 4 is 0 Å². The van der Waals surface area contributed by atoms with Crippen molar-refractivity contribution in [2.45, 2.75) is 39.0 Å². The van der Waals surface area contributed by atoms with E-state index in [1.54, 1.807) is 0 Å². The number of hydrogen-bond acceptors (Lipinski definition) is 0. The van der Waals surface area contributed by atoms with E-state index >= 15 is 0 Å². The molecule has 0 aliphatic heterocycles. The van der Waals surface area contributed by atoms with Gasteiger partial charge in [-0.15, -0.1) is 0 Å². The van der Waals surface area contributed by atoms with Crippen molar-refractivity contribution in [2.75, 3.05) is 0 Å². The van der Waals surface area contributed by atoms with Gasteiger partial charge in [0.05, 0.1) is 0 Å². The van der Waals surface area contributed by atoms with Crippen molar-refractivity contribution in [1.82, 2.24) is 0 Å². The van der Waals surface area contributed by atoms with Gasteiger partial charge in [0.1, 0.15) is 0 Å². The molecule has 76 valence electrons. The third kappa shape index (κ3) is 3.37. The lowest BCUT2D eigenvalue weighted by molar-refractivity contribution is 0.673. The maximum Gasteiger partial charge on any atom is -0.0130 e. The maximum atomic E-state index is 2.31. The van der Waals surface area contributed by atoms with Gasteiger partial charge in [-0.1, -0.05) is 56.3 Å². The van der Waals surface area contributed by atoms with Crippen molar-refractivity contribution in [3.63, 3.8) is 0 Å². The van der Waals surface area contributed by atoms with Crippen molar-refractivity contribution < 1.29 is 0 Å². The van der Waals surface area contributed by atoms with Gasteiger partial charge in [-0.25, -0.2) is 0 Å². The molecule has 1 unspecified atom stereocenters. The van der Waals surface area contributed by atoms with E-state index in [-0.39, 0.29) is 0 Å². The molecule has 0 N–H and O–H groups in total. The summed E-state index contributed by atoms with van der Waals surface area (Å²) < 4.78 is 0. The molecule has 14 heavy (non-hydrogen) atoms. The Morgan fingerprint density at radius 3 is 2.36 bits per heavy atom. The van der Waals surface area contributed by atoms with E-state index in [9.17, 15) is 0 Å². The second-order valence-electron chi connectivity index (χ2n) is 3.63. The van der Waals surface area contributed by atoms with E-state index in [1.165, 1.54) is 18.4 Å². The summed E-state index contributed by atoms with van der Waals surface area (Å²) in [5, 5.41) is 0. The Morgan fingerprint density at radius 1 is 1.07 bits per heavy atom. The number of hydrogen-bond donors (Lipinski definition) is 0. The molecule has 1 atom stereocenters. The van der Waals surface area contributed by atoms with Crippen LogP contribution in [-0.4, -0.2) is 0 Å². The molecule has 1 aromatic rings. The third-order valence-electron chi connectivity index (χ3n) is 2.59.